The maximum absolute atomic E-state index is 11.2. The Morgan fingerprint density at radius 1 is 0.929 bits per heavy atom. The molecule has 1 aliphatic heterocycles. The zero-order valence-electron chi connectivity index (χ0n) is 6.84. The van der Waals surface area contributed by atoms with Crippen molar-refractivity contribution in [2.75, 3.05) is 0 Å². The highest BCUT2D eigenvalue weighted by Gasteiger charge is 2.32. The van der Waals surface area contributed by atoms with E-state index in [0.717, 1.165) is 4.67 Å². The largest absolute Gasteiger partial charge is 0.268 e. The molecule has 0 saturated carbocycles. The predicted octanol–water partition coefficient (Wildman–Crippen LogP) is 2.45. The third kappa shape index (κ3) is 1.76. The second kappa shape index (κ2) is 4.74. The van der Waals surface area contributed by atoms with Gasteiger partial charge in [0.15, 0.2) is 0 Å². The van der Waals surface area contributed by atoms with Crippen LogP contribution in [0.4, 0.5) is 0 Å². The molecule has 0 N–H and O–H groups in total. The highest BCUT2D eigenvalue weighted by Crippen LogP contribution is 2.24. The SMILES string of the molecule is Cl.Cl.O=C1c2ccccc2C(=O)N1[P]. The quantitative estimate of drug-likeness (QED) is 0.523. The third-order valence-corrected chi connectivity index (χ3v) is 2.14. The Bertz CT molecular complexity index is 348. The minimum absolute atomic E-state index is 0. The van der Waals surface area contributed by atoms with Crippen molar-refractivity contribution >= 4 is 46.0 Å². The molecule has 0 unspecified atom stereocenters. The molecule has 3 nitrogen and oxygen atoms in total. The van der Waals surface area contributed by atoms with Gasteiger partial charge in [-0.3, -0.25) is 9.59 Å². The van der Waals surface area contributed by atoms with Crippen molar-refractivity contribution < 1.29 is 9.59 Å². The van der Waals surface area contributed by atoms with Gasteiger partial charge in [0, 0.05) is 0 Å². The molecule has 0 fully saturated rings. The van der Waals surface area contributed by atoms with Gasteiger partial charge >= 0.3 is 0 Å². The topological polar surface area (TPSA) is 37.4 Å². The number of benzene rings is 1. The third-order valence-electron chi connectivity index (χ3n) is 1.77. The van der Waals surface area contributed by atoms with Gasteiger partial charge in [-0.2, -0.15) is 0 Å². The van der Waals surface area contributed by atoms with Crippen molar-refractivity contribution in [3.05, 3.63) is 35.4 Å². The maximum Gasteiger partial charge on any atom is 0.265 e. The van der Waals surface area contributed by atoms with E-state index in [2.05, 4.69) is 9.39 Å². The van der Waals surface area contributed by atoms with Gasteiger partial charge in [-0.25, -0.2) is 4.67 Å². The summed E-state index contributed by atoms with van der Waals surface area (Å²) in [4.78, 5) is 22.5. The van der Waals surface area contributed by atoms with E-state index in [9.17, 15) is 9.59 Å². The van der Waals surface area contributed by atoms with Crippen LogP contribution in [-0.4, -0.2) is 16.5 Å². The van der Waals surface area contributed by atoms with Crippen molar-refractivity contribution in [3.8, 4) is 0 Å². The standard InChI is InChI=1S/C8H4NO2P.2ClH/c10-7-5-3-1-2-4-6(5)8(11)9(7)12;;/h1-4H;2*1H. The molecule has 0 bridgehead atoms. The van der Waals surface area contributed by atoms with Crippen LogP contribution in [0, 0.1) is 0 Å². The number of carbonyl (C=O) groups is 2. The first-order chi connectivity index (χ1) is 5.72. The van der Waals surface area contributed by atoms with Crippen LogP contribution in [-0.2, 0) is 0 Å². The Hall–Kier alpha value is -0.630. The minimum atomic E-state index is -0.348. The van der Waals surface area contributed by atoms with Gasteiger partial charge in [0.25, 0.3) is 11.8 Å². The van der Waals surface area contributed by atoms with Crippen molar-refractivity contribution in [1.29, 1.82) is 0 Å². The molecule has 6 heteroatoms. The molecular formula is C8H6Cl2NO2P. The molecule has 2 radical (unpaired) electrons. The van der Waals surface area contributed by atoms with Crippen LogP contribution in [0.2, 0.25) is 0 Å². The average molecular weight is 250 g/mol. The summed E-state index contributed by atoms with van der Waals surface area (Å²) in [5, 5.41) is 0. The van der Waals surface area contributed by atoms with Gasteiger partial charge in [0.05, 0.1) is 11.1 Å². The van der Waals surface area contributed by atoms with Crippen LogP contribution in [0.25, 0.3) is 0 Å². The fraction of sp³-hybridized carbons (Fsp3) is 0. The van der Waals surface area contributed by atoms with Crippen molar-refractivity contribution in [3.63, 3.8) is 0 Å². The second-order valence-corrected chi connectivity index (χ2v) is 2.87. The summed E-state index contributed by atoms with van der Waals surface area (Å²) in [6, 6.07) is 6.67. The van der Waals surface area contributed by atoms with Crippen molar-refractivity contribution in [1.82, 2.24) is 4.67 Å². The molecular weight excluding hydrogens is 244 g/mol. The minimum Gasteiger partial charge on any atom is -0.268 e. The molecule has 74 valence electrons. The van der Waals surface area contributed by atoms with Crippen LogP contribution in [0.15, 0.2) is 24.3 Å². The number of hydrogen-bond donors (Lipinski definition) is 0. The lowest BCUT2D eigenvalue weighted by Gasteiger charge is -1.99. The molecule has 0 aromatic heterocycles. The molecule has 0 aliphatic carbocycles. The molecule has 0 spiro atoms. The normalized spacial score (nSPS) is 13.1. The first kappa shape index (κ1) is 13.4. The predicted molar refractivity (Wildman–Crippen MR) is 58.4 cm³/mol. The number of imide groups is 1. The second-order valence-electron chi connectivity index (χ2n) is 2.47. The number of hydrogen-bond acceptors (Lipinski definition) is 2. The highest BCUT2D eigenvalue weighted by molar-refractivity contribution is 7.16. The molecule has 1 aromatic carbocycles. The molecule has 1 heterocycles. The monoisotopic (exact) mass is 249 g/mol. The summed E-state index contributed by atoms with van der Waals surface area (Å²) >= 11 is 0. The van der Waals surface area contributed by atoms with Crippen LogP contribution in [0.3, 0.4) is 0 Å². The lowest BCUT2D eigenvalue weighted by molar-refractivity contribution is 0.0775. The van der Waals surface area contributed by atoms with Crippen LogP contribution >= 0.6 is 34.2 Å². The number of rotatable bonds is 0. The summed E-state index contributed by atoms with van der Waals surface area (Å²) in [6.45, 7) is 0. The molecule has 1 aromatic rings. The smallest absolute Gasteiger partial charge is 0.265 e. The summed E-state index contributed by atoms with van der Waals surface area (Å²) in [7, 11) is 3.76. The molecule has 2 amide bonds. The van der Waals surface area contributed by atoms with Crippen LogP contribution in [0.5, 0.6) is 0 Å². The lowest BCUT2D eigenvalue weighted by Crippen LogP contribution is -2.17. The Balaban J connectivity index is 0.000000845. The van der Waals surface area contributed by atoms with E-state index in [1.165, 1.54) is 0 Å². The van der Waals surface area contributed by atoms with Crippen LogP contribution in [0.1, 0.15) is 20.7 Å². The lowest BCUT2D eigenvalue weighted by atomic mass is 10.1. The van der Waals surface area contributed by atoms with E-state index < -0.39 is 0 Å². The summed E-state index contributed by atoms with van der Waals surface area (Å²) in [5.41, 5.74) is 0.856. The first-order valence-corrected chi connectivity index (χ1v) is 3.78. The number of nitrogens with zero attached hydrogens (tertiary/aromatic N) is 1. The Morgan fingerprint density at radius 3 is 1.64 bits per heavy atom. The average Bonchev–Trinajstić information content (AvgIpc) is 2.33. The van der Waals surface area contributed by atoms with Crippen molar-refractivity contribution in [2.45, 2.75) is 0 Å². The molecule has 1 aliphatic rings. The molecule has 2 rings (SSSR count). The van der Waals surface area contributed by atoms with E-state index in [0.29, 0.717) is 11.1 Å². The van der Waals surface area contributed by atoms with E-state index in [1.807, 2.05) is 0 Å². The number of fused-ring (bicyclic) bond motifs is 1. The van der Waals surface area contributed by atoms with Crippen molar-refractivity contribution in [2.24, 2.45) is 0 Å². The van der Waals surface area contributed by atoms with Gasteiger partial charge in [-0.15, -0.1) is 24.8 Å². The Morgan fingerprint density at radius 2 is 1.29 bits per heavy atom. The number of carbonyl (C=O) groups excluding carboxylic acids is 2. The van der Waals surface area contributed by atoms with Crippen LogP contribution < -0.4 is 0 Å². The highest BCUT2D eigenvalue weighted by atomic mass is 35.5. The van der Waals surface area contributed by atoms with Gasteiger partial charge in [-0.1, -0.05) is 12.1 Å². The summed E-state index contributed by atoms with van der Waals surface area (Å²) in [6.07, 6.45) is 0. The molecule has 0 atom stereocenters. The number of amides is 2. The van der Waals surface area contributed by atoms with E-state index >= 15 is 0 Å². The van der Waals surface area contributed by atoms with Gasteiger partial charge < -0.3 is 0 Å². The van der Waals surface area contributed by atoms with E-state index in [1.54, 1.807) is 24.3 Å². The zero-order chi connectivity index (χ0) is 8.72. The number of halogens is 2. The van der Waals surface area contributed by atoms with Gasteiger partial charge in [-0.05, 0) is 12.1 Å². The Kier molecular flexibility index (Phi) is 4.53. The molecule has 0 saturated heterocycles. The fourth-order valence-electron chi connectivity index (χ4n) is 1.18. The van der Waals surface area contributed by atoms with Gasteiger partial charge in [0.2, 0.25) is 0 Å². The summed E-state index contributed by atoms with van der Waals surface area (Å²) in [5.74, 6) is -0.696. The van der Waals surface area contributed by atoms with E-state index in [4.69, 9.17) is 0 Å². The summed E-state index contributed by atoms with van der Waals surface area (Å²) < 4.78 is 0.824. The fourth-order valence-corrected chi connectivity index (χ4v) is 1.39. The Labute approximate surface area is 95.9 Å². The van der Waals surface area contributed by atoms with E-state index in [-0.39, 0.29) is 36.6 Å². The van der Waals surface area contributed by atoms with Gasteiger partial charge in [0.1, 0.15) is 9.39 Å². The zero-order valence-corrected chi connectivity index (χ0v) is 9.36. The molecule has 14 heavy (non-hydrogen) atoms. The maximum atomic E-state index is 11.2. The first-order valence-electron chi connectivity index (χ1n) is 3.38.